The van der Waals surface area contributed by atoms with E-state index in [1.54, 1.807) is 0 Å². The molecule has 3 nitrogen and oxygen atoms in total. The van der Waals surface area contributed by atoms with Crippen molar-refractivity contribution in [1.29, 1.82) is 0 Å². The lowest BCUT2D eigenvalue weighted by Crippen LogP contribution is -2.29. The van der Waals surface area contributed by atoms with Gasteiger partial charge in [0.1, 0.15) is 0 Å². The molecular formula is C11H21NO2S. The van der Waals surface area contributed by atoms with Crippen molar-refractivity contribution in [3.05, 3.63) is 0 Å². The van der Waals surface area contributed by atoms with Gasteiger partial charge in [0.2, 0.25) is 0 Å². The molecule has 0 amide bonds. The Hall–Kier alpha value is 0.0700. The number of hydrogen-bond acceptors (Lipinski definition) is 3. The molecule has 3 unspecified atom stereocenters. The van der Waals surface area contributed by atoms with Gasteiger partial charge in [-0.25, -0.2) is 0 Å². The van der Waals surface area contributed by atoms with Crippen molar-refractivity contribution in [2.24, 2.45) is 11.1 Å². The van der Waals surface area contributed by atoms with Crippen LogP contribution in [-0.2, 0) is 15.5 Å². The van der Waals surface area contributed by atoms with Gasteiger partial charge in [-0.2, -0.15) is 0 Å². The molecule has 0 aromatic rings. The highest BCUT2D eigenvalue weighted by Gasteiger charge is 2.45. The maximum atomic E-state index is 12.2. The van der Waals surface area contributed by atoms with Crippen LogP contribution >= 0.6 is 0 Å². The van der Waals surface area contributed by atoms with E-state index in [2.05, 4.69) is 0 Å². The Morgan fingerprint density at radius 1 is 1.53 bits per heavy atom. The average molecular weight is 231 g/mol. The van der Waals surface area contributed by atoms with E-state index in [1.165, 1.54) is 12.8 Å². The summed E-state index contributed by atoms with van der Waals surface area (Å²) in [6.45, 7) is 3.55. The molecule has 15 heavy (non-hydrogen) atoms. The molecule has 0 aromatic heterocycles. The molecular weight excluding hydrogens is 210 g/mol. The van der Waals surface area contributed by atoms with Crippen LogP contribution in [-0.4, -0.2) is 34.5 Å². The van der Waals surface area contributed by atoms with Crippen molar-refractivity contribution >= 4 is 10.8 Å². The fourth-order valence-electron chi connectivity index (χ4n) is 2.42. The van der Waals surface area contributed by atoms with Crippen molar-refractivity contribution in [2.45, 2.75) is 44.0 Å². The van der Waals surface area contributed by atoms with E-state index in [9.17, 15) is 4.21 Å². The Labute approximate surface area is 94.2 Å². The van der Waals surface area contributed by atoms with Gasteiger partial charge in [-0.15, -0.1) is 0 Å². The Morgan fingerprint density at radius 2 is 2.27 bits per heavy atom. The second kappa shape index (κ2) is 4.52. The zero-order chi connectivity index (χ0) is 10.9. The van der Waals surface area contributed by atoms with E-state index in [0.717, 1.165) is 31.7 Å². The highest BCUT2D eigenvalue weighted by atomic mass is 32.2. The molecule has 1 aliphatic heterocycles. The molecule has 1 aliphatic carbocycles. The van der Waals surface area contributed by atoms with Crippen LogP contribution in [0.4, 0.5) is 0 Å². The molecule has 2 N–H and O–H groups in total. The van der Waals surface area contributed by atoms with Gasteiger partial charge in [-0.1, -0.05) is 0 Å². The SMILES string of the molecule is CC1OCCC1S(=O)CC1(CCN)CC1. The quantitative estimate of drug-likeness (QED) is 0.769. The largest absolute Gasteiger partial charge is 0.377 e. The van der Waals surface area contributed by atoms with Gasteiger partial charge in [0.15, 0.2) is 0 Å². The summed E-state index contributed by atoms with van der Waals surface area (Å²) in [4.78, 5) is 0. The van der Waals surface area contributed by atoms with Gasteiger partial charge in [-0.3, -0.25) is 4.21 Å². The maximum absolute atomic E-state index is 12.2. The van der Waals surface area contributed by atoms with Gasteiger partial charge < -0.3 is 10.5 Å². The molecule has 2 aliphatic rings. The van der Waals surface area contributed by atoms with E-state index < -0.39 is 10.8 Å². The van der Waals surface area contributed by atoms with Crippen molar-refractivity contribution in [3.63, 3.8) is 0 Å². The first kappa shape index (κ1) is 11.6. The van der Waals surface area contributed by atoms with Gasteiger partial charge >= 0.3 is 0 Å². The topological polar surface area (TPSA) is 52.3 Å². The van der Waals surface area contributed by atoms with Crippen LogP contribution in [0, 0.1) is 5.41 Å². The first-order valence-corrected chi connectivity index (χ1v) is 7.24. The van der Waals surface area contributed by atoms with E-state index in [4.69, 9.17) is 10.5 Å². The summed E-state index contributed by atoms with van der Waals surface area (Å²) in [5, 5.41) is 0.264. The van der Waals surface area contributed by atoms with Crippen LogP contribution in [0.5, 0.6) is 0 Å². The maximum Gasteiger partial charge on any atom is 0.0691 e. The summed E-state index contributed by atoms with van der Waals surface area (Å²) in [7, 11) is -0.714. The molecule has 0 radical (unpaired) electrons. The molecule has 88 valence electrons. The molecule has 2 rings (SSSR count). The number of ether oxygens (including phenoxy) is 1. The van der Waals surface area contributed by atoms with Crippen molar-refractivity contribution < 1.29 is 8.95 Å². The second-order valence-electron chi connectivity index (χ2n) is 4.97. The summed E-state index contributed by atoms with van der Waals surface area (Å²) in [6, 6.07) is 0. The third-order valence-corrected chi connectivity index (χ3v) is 5.92. The molecule has 0 spiro atoms. The molecule has 4 heteroatoms. The number of rotatable bonds is 5. The third-order valence-electron chi connectivity index (χ3n) is 3.72. The minimum Gasteiger partial charge on any atom is -0.377 e. The Bertz CT molecular complexity index is 253. The van der Waals surface area contributed by atoms with E-state index in [-0.39, 0.29) is 11.4 Å². The van der Waals surface area contributed by atoms with Gasteiger partial charge in [0.05, 0.1) is 11.4 Å². The van der Waals surface area contributed by atoms with Gasteiger partial charge in [0, 0.05) is 23.2 Å². The predicted molar refractivity (Wildman–Crippen MR) is 62.2 cm³/mol. The van der Waals surface area contributed by atoms with Gasteiger partial charge in [-0.05, 0) is 44.6 Å². The molecule has 1 saturated heterocycles. The lowest BCUT2D eigenvalue weighted by molar-refractivity contribution is 0.127. The van der Waals surface area contributed by atoms with Crippen LogP contribution in [0.15, 0.2) is 0 Å². The minimum absolute atomic E-state index is 0.180. The number of nitrogens with two attached hydrogens (primary N) is 1. The fourth-order valence-corrected chi connectivity index (χ4v) is 4.53. The van der Waals surface area contributed by atoms with Crippen LogP contribution in [0.2, 0.25) is 0 Å². The Morgan fingerprint density at radius 3 is 2.73 bits per heavy atom. The van der Waals surface area contributed by atoms with Crippen molar-refractivity contribution in [2.75, 3.05) is 18.9 Å². The smallest absolute Gasteiger partial charge is 0.0691 e. The average Bonchev–Trinajstić information content (AvgIpc) is 2.78. The zero-order valence-electron chi connectivity index (χ0n) is 9.41. The minimum atomic E-state index is -0.714. The fraction of sp³-hybridized carbons (Fsp3) is 1.00. The van der Waals surface area contributed by atoms with Crippen molar-refractivity contribution in [1.82, 2.24) is 0 Å². The predicted octanol–water partition coefficient (Wildman–Crippen LogP) is 1.04. The highest BCUT2D eigenvalue weighted by Crippen LogP contribution is 2.49. The first-order valence-electron chi connectivity index (χ1n) is 5.86. The van der Waals surface area contributed by atoms with Crippen molar-refractivity contribution in [3.8, 4) is 0 Å². The van der Waals surface area contributed by atoms with Gasteiger partial charge in [0.25, 0.3) is 0 Å². The molecule has 0 aromatic carbocycles. The monoisotopic (exact) mass is 231 g/mol. The summed E-state index contributed by atoms with van der Waals surface area (Å²) in [5.41, 5.74) is 5.92. The molecule has 2 fully saturated rings. The van der Waals surface area contributed by atoms with Crippen LogP contribution in [0.1, 0.15) is 32.6 Å². The lowest BCUT2D eigenvalue weighted by Gasteiger charge is -2.18. The second-order valence-corrected chi connectivity index (χ2v) is 6.62. The van der Waals surface area contributed by atoms with E-state index in [0.29, 0.717) is 5.41 Å². The normalized spacial score (nSPS) is 35.3. The Kier molecular flexibility index (Phi) is 3.48. The molecule has 0 bridgehead atoms. The van der Waals surface area contributed by atoms with Crippen LogP contribution < -0.4 is 5.73 Å². The Balaban J connectivity index is 1.86. The zero-order valence-corrected chi connectivity index (χ0v) is 10.2. The molecule has 3 atom stereocenters. The summed E-state index contributed by atoms with van der Waals surface area (Å²) < 4.78 is 17.6. The standard InChI is InChI=1S/C11H21NO2S/c1-9-10(2-7-14-9)15(13)8-11(3-4-11)5-6-12/h9-10H,2-8,12H2,1H3. The first-order chi connectivity index (χ1) is 7.17. The van der Waals surface area contributed by atoms with E-state index >= 15 is 0 Å². The van der Waals surface area contributed by atoms with E-state index in [1.807, 2.05) is 6.92 Å². The lowest BCUT2D eigenvalue weighted by atomic mass is 10.1. The summed E-state index contributed by atoms with van der Waals surface area (Å²) in [5.74, 6) is 0.850. The summed E-state index contributed by atoms with van der Waals surface area (Å²) >= 11 is 0. The summed E-state index contributed by atoms with van der Waals surface area (Å²) in [6.07, 6.45) is 4.63. The third kappa shape index (κ3) is 2.60. The molecule has 1 heterocycles. The molecule has 1 saturated carbocycles. The number of hydrogen-bond donors (Lipinski definition) is 1. The van der Waals surface area contributed by atoms with Crippen LogP contribution in [0.3, 0.4) is 0 Å². The highest BCUT2D eigenvalue weighted by molar-refractivity contribution is 7.85. The van der Waals surface area contributed by atoms with Crippen LogP contribution in [0.25, 0.3) is 0 Å².